The van der Waals surface area contributed by atoms with Gasteiger partial charge in [-0.1, -0.05) is 13.3 Å². The van der Waals surface area contributed by atoms with Gasteiger partial charge < -0.3 is 11.1 Å². The number of aromatic nitrogens is 2. The first kappa shape index (κ1) is 15.3. The Balaban J connectivity index is 2.86. The number of anilines is 2. The number of aryl methyl sites for hydroxylation is 1. The highest BCUT2D eigenvalue weighted by Crippen LogP contribution is 2.20. The largest absolute Gasteiger partial charge is 0.383 e. The van der Waals surface area contributed by atoms with Crippen LogP contribution in [0.3, 0.4) is 0 Å². The zero-order chi connectivity index (χ0) is 14.5. The number of unbranched alkanes of at least 4 members (excludes halogenated alkanes) is 1. The van der Waals surface area contributed by atoms with E-state index in [0.717, 1.165) is 19.1 Å². The molecule has 0 unspecified atom stereocenters. The molecule has 0 spiro atoms. The molecule has 0 saturated heterocycles. The topological polar surface area (TPSA) is 114 Å². The van der Waals surface area contributed by atoms with Crippen LogP contribution in [0.2, 0.25) is 0 Å². The van der Waals surface area contributed by atoms with Gasteiger partial charge in [0.25, 0.3) is 0 Å². The van der Waals surface area contributed by atoms with Gasteiger partial charge in [-0.05, 0) is 6.42 Å². The van der Waals surface area contributed by atoms with Crippen molar-refractivity contribution in [2.75, 3.05) is 29.6 Å². The number of nitrogens with zero attached hydrogens (tertiary/aromatic N) is 3. The lowest BCUT2D eigenvalue weighted by Gasteiger charge is -2.02. The minimum atomic E-state index is -3.09. The van der Waals surface area contributed by atoms with Crippen LogP contribution in [-0.2, 0) is 16.4 Å². The van der Waals surface area contributed by atoms with Crippen molar-refractivity contribution in [3.63, 3.8) is 0 Å². The third-order valence-electron chi connectivity index (χ3n) is 2.60. The second kappa shape index (κ2) is 6.43. The molecule has 8 heteroatoms. The molecule has 0 aromatic carbocycles. The summed E-state index contributed by atoms with van der Waals surface area (Å²) < 4.78 is 23.6. The Hall–Kier alpha value is -1.75. The summed E-state index contributed by atoms with van der Waals surface area (Å²) >= 11 is 0. The molecule has 0 saturated carbocycles. The molecule has 0 aliphatic carbocycles. The van der Waals surface area contributed by atoms with Gasteiger partial charge in [-0.3, -0.25) is 0 Å². The summed E-state index contributed by atoms with van der Waals surface area (Å²) in [6, 6.07) is 1.99. The van der Waals surface area contributed by atoms with E-state index in [1.54, 1.807) is 0 Å². The molecular formula is C11H19N5O2S. The Bertz CT molecular complexity index is 571. The number of nitrogens with two attached hydrogens (primary N) is 1. The molecule has 1 rings (SSSR count). The minimum Gasteiger partial charge on any atom is -0.383 e. The fourth-order valence-corrected chi connectivity index (χ4v) is 2.02. The summed E-state index contributed by atoms with van der Waals surface area (Å²) in [5.41, 5.74) is 6.06. The lowest BCUT2D eigenvalue weighted by Crippen LogP contribution is -2.14. The third-order valence-corrected chi connectivity index (χ3v) is 3.52. The number of nitrogen functional groups attached to an aromatic ring is 1. The molecule has 0 amide bonds. The molecule has 0 radical (unpaired) electrons. The quantitative estimate of drug-likeness (QED) is 0.709. The highest BCUT2D eigenvalue weighted by Gasteiger charge is 2.16. The van der Waals surface area contributed by atoms with Crippen molar-refractivity contribution in [1.29, 1.82) is 5.26 Å². The van der Waals surface area contributed by atoms with Gasteiger partial charge in [-0.2, -0.15) is 10.4 Å². The van der Waals surface area contributed by atoms with Crippen molar-refractivity contribution in [2.45, 2.75) is 26.3 Å². The highest BCUT2D eigenvalue weighted by molar-refractivity contribution is 7.90. The van der Waals surface area contributed by atoms with Crippen molar-refractivity contribution in [3.05, 3.63) is 5.56 Å². The predicted octanol–water partition coefficient (Wildman–Crippen LogP) is 0.594. The van der Waals surface area contributed by atoms with Crippen LogP contribution < -0.4 is 11.1 Å². The highest BCUT2D eigenvalue weighted by atomic mass is 32.2. The van der Waals surface area contributed by atoms with Crippen molar-refractivity contribution in [3.8, 4) is 6.07 Å². The Morgan fingerprint density at radius 2 is 2.21 bits per heavy atom. The second-order valence-electron chi connectivity index (χ2n) is 4.35. The Kier molecular flexibility index (Phi) is 5.18. The molecule has 0 bridgehead atoms. The van der Waals surface area contributed by atoms with Crippen molar-refractivity contribution >= 4 is 21.5 Å². The van der Waals surface area contributed by atoms with Crippen LogP contribution in [0.4, 0.5) is 11.6 Å². The van der Waals surface area contributed by atoms with Gasteiger partial charge in [0.15, 0.2) is 5.82 Å². The number of hydrogen-bond acceptors (Lipinski definition) is 6. The van der Waals surface area contributed by atoms with Gasteiger partial charge in [0.05, 0.1) is 12.3 Å². The molecule has 19 heavy (non-hydrogen) atoms. The van der Waals surface area contributed by atoms with Crippen LogP contribution in [0.1, 0.15) is 25.3 Å². The summed E-state index contributed by atoms with van der Waals surface area (Å²) in [5, 5.41) is 16.2. The average molecular weight is 285 g/mol. The van der Waals surface area contributed by atoms with E-state index >= 15 is 0 Å². The van der Waals surface area contributed by atoms with E-state index in [0.29, 0.717) is 12.4 Å². The summed E-state index contributed by atoms with van der Waals surface area (Å²) in [7, 11) is -3.09. The maximum absolute atomic E-state index is 11.1. The SMILES string of the molecule is CCCCNc1nn(CCS(C)(=O)=O)c(N)c1C#N. The van der Waals surface area contributed by atoms with Crippen LogP contribution in [0.5, 0.6) is 0 Å². The number of sulfone groups is 1. The molecule has 1 aromatic rings. The molecular weight excluding hydrogens is 266 g/mol. The number of hydrogen-bond donors (Lipinski definition) is 2. The first-order valence-electron chi connectivity index (χ1n) is 6.07. The second-order valence-corrected chi connectivity index (χ2v) is 6.61. The van der Waals surface area contributed by atoms with E-state index in [1.807, 2.05) is 6.07 Å². The number of nitriles is 1. The molecule has 7 nitrogen and oxygen atoms in total. The molecule has 1 aromatic heterocycles. The fourth-order valence-electron chi connectivity index (χ4n) is 1.52. The van der Waals surface area contributed by atoms with Crippen LogP contribution in [0, 0.1) is 11.3 Å². The van der Waals surface area contributed by atoms with E-state index in [9.17, 15) is 8.42 Å². The minimum absolute atomic E-state index is 0.0574. The van der Waals surface area contributed by atoms with Gasteiger partial charge >= 0.3 is 0 Å². The van der Waals surface area contributed by atoms with Crippen LogP contribution in [0.15, 0.2) is 0 Å². The molecule has 0 aliphatic heterocycles. The normalized spacial score (nSPS) is 11.2. The first-order valence-corrected chi connectivity index (χ1v) is 8.13. The molecule has 0 aliphatic rings. The summed E-state index contributed by atoms with van der Waals surface area (Å²) in [5.74, 6) is 0.560. The van der Waals surface area contributed by atoms with Gasteiger partial charge in [0.1, 0.15) is 27.3 Å². The Labute approximate surface area is 113 Å². The molecule has 0 atom stereocenters. The van der Waals surface area contributed by atoms with E-state index in [-0.39, 0.29) is 23.7 Å². The number of nitrogens with one attached hydrogen (secondary N) is 1. The zero-order valence-electron chi connectivity index (χ0n) is 11.2. The van der Waals surface area contributed by atoms with Crippen molar-refractivity contribution in [1.82, 2.24) is 9.78 Å². The first-order chi connectivity index (χ1) is 8.89. The summed E-state index contributed by atoms with van der Waals surface area (Å²) in [6.45, 7) is 2.91. The number of rotatable bonds is 7. The predicted molar refractivity (Wildman–Crippen MR) is 74.5 cm³/mol. The maximum Gasteiger partial charge on any atom is 0.168 e. The standard InChI is InChI=1S/C11H19N5O2S/c1-3-4-5-14-11-9(8-12)10(13)16(15-11)6-7-19(2,17)18/h3-7,13H2,1-2H3,(H,14,15). The van der Waals surface area contributed by atoms with Gasteiger partial charge in [0.2, 0.25) is 0 Å². The van der Waals surface area contributed by atoms with Gasteiger partial charge in [-0.25, -0.2) is 13.1 Å². The van der Waals surface area contributed by atoms with Crippen LogP contribution >= 0.6 is 0 Å². The smallest absolute Gasteiger partial charge is 0.168 e. The molecule has 0 fully saturated rings. The Morgan fingerprint density at radius 1 is 1.53 bits per heavy atom. The van der Waals surface area contributed by atoms with E-state index in [2.05, 4.69) is 17.3 Å². The molecule has 1 heterocycles. The van der Waals surface area contributed by atoms with Gasteiger partial charge in [0, 0.05) is 12.8 Å². The van der Waals surface area contributed by atoms with E-state index in [1.165, 1.54) is 4.68 Å². The summed E-state index contributed by atoms with van der Waals surface area (Å²) in [6.07, 6.45) is 3.14. The van der Waals surface area contributed by atoms with Gasteiger partial charge in [-0.15, -0.1) is 0 Å². The lowest BCUT2D eigenvalue weighted by atomic mass is 10.3. The maximum atomic E-state index is 11.1. The average Bonchev–Trinajstić information content (AvgIpc) is 2.62. The lowest BCUT2D eigenvalue weighted by molar-refractivity contribution is 0.588. The van der Waals surface area contributed by atoms with Crippen LogP contribution in [-0.4, -0.2) is 36.8 Å². The fraction of sp³-hybridized carbons (Fsp3) is 0.636. The molecule has 3 N–H and O–H groups in total. The zero-order valence-corrected chi connectivity index (χ0v) is 12.0. The Morgan fingerprint density at radius 3 is 2.74 bits per heavy atom. The van der Waals surface area contributed by atoms with Crippen LogP contribution in [0.25, 0.3) is 0 Å². The third kappa shape index (κ3) is 4.44. The van der Waals surface area contributed by atoms with E-state index in [4.69, 9.17) is 11.0 Å². The summed E-state index contributed by atoms with van der Waals surface area (Å²) in [4.78, 5) is 0. The van der Waals surface area contributed by atoms with E-state index < -0.39 is 9.84 Å². The molecule has 106 valence electrons. The van der Waals surface area contributed by atoms with Crippen molar-refractivity contribution < 1.29 is 8.42 Å². The van der Waals surface area contributed by atoms with Crippen molar-refractivity contribution in [2.24, 2.45) is 0 Å². The monoisotopic (exact) mass is 285 g/mol.